The number of carbonyl (C=O) groups is 1. The van der Waals surface area contributed by atoms with E-state index >= 15 is 0 Å². The molecular formula is C12H22N4O2. The average molecular weight is 254 g/mol. The maximum Gasteiger partial charge on any atom is 0.272 e. The molecule has 1 aromatic rings. The molecule has 1 aromatic heterocycles. The summed E-state index contributed by atoms with van der Waals surface area (Å²) in [6.07, 6.45) is 1.31. The summed E-state index contributed by atoms with van der Waals surface area (Å²) in [6.45, 7) is 5.52. The van der Waals surface area contributed by atoms with Crippen molar-refractivity contribution in [1.29, 1.82) is 0 Å². The molecule has 0 aromatic carbocycles. The molecule has 0 atom stereocenters. The summed E-state index contributed by atoms with van der Waals surface area (Å²) in [5, 5.41) is 16.4. The zero-order valence-corrected chi connectivity index (χ0v) is 11.4. The fraction of sp³-hybridized carbons (Fsp3) is 0.667. The molecule has 1 rings (SSSR count). The third kappa shape index (κ3) is 2.48. The molecule has 1 heterocycles. The third-order valence-corrected chi connectivity index (χ3v) is 3.52. The minimum Gasteiger partial charge on any atom is -0.395 e. The van der Waals surface area contributed by atoms with Crippen molar-refractivity contribution in [3.05, 3.63) is 11.4 Å². The van der Waals surface area contributed by atoms with Gasteiger partial charge in [0, 0.05) is 7.05 Å². The maximum absolute atomic E-state index is 12.2. The smallest absolute Gasteiger partial charge is 0.272 e. The molecule has 1 amide bonds. The van der Waals surface area contributed by atoms with E-state index < -0.39 is 5.54 Å². The summed E-state index contributed by atoms with van der Waals surface area (Å²) in [5.74, 6) is -0.298. The number of aromatic nitrogens is 2. The van der Waals surface area contributed by atoms with Crippen LogP contribution in [0.15, 0.2) is 0 Å². The van der Waals surface area contributed by atoms with E-state index in [0.717, 1.165) is 0 Å². The maximum atomic E-state index is 12.2. The standard InChI is InChI=1S/C12H22N4O2/c1-5-12(6-2,7-17)14-11(18)10-9(13)8(3)15-16(10)4/h17H,5-7,13H2,1-4H3,(H,14,18). The minimum absolute atomic E-state index is 0.0948. The predicted octanol–water partition coefficient (Wildman–Crippen LogP) is 0.592. The van der Waals surface area contributed by atoms with Crippen LogP contribution >= 0.6 is 0 Å². The van der Waals surface area contributed by atoms with Gasteiger partial charge in [-0.05, 0) is 19.8 Å². The van der Waals surface area contributed by atoms with E-state index in [1.165, 1.54) is 4.68 Å². The average Bonchev–Trinajstić information content (AvgIpc) is 2.60. The Balaban J connectivity index is 3.01. The number of amides is 1. The van der Waals surface area contributed by atoms with Crippen LogP contribution in [0.5, 0.6) is 0 Å². The van der Waals surface area contributed by atoms with Crippen molar-refractivity contribution in [2.45, 2.75) is 39.2 Å². The Hall–Kier alpha value is -1.56. The van der Waals surface area contributed by atoms with E-state index in [2.05, 4.69) is 10.4 Å². The number of rotatable bonds is 5. The van der Waals surface area contributed by atoms with E-state index in [-0.39, 0.29) is 12.5 Å². The first-order valence-corrected chi connectivity index (χ1v) is 6.13. The topological polar surface area (TPSA) is 93.2 Å². The second-order valence-corrected chi connectivity index (χ2v) is 4.57. The number of aliphatic hydroxyl groups excluding tert-OH is 1. The van der Waals surface area contributed by atoms with Gasteiger partial charge in [-0.3, -0.25) is 9.48 Å². The molecule has 0 spiro atoms. The summed E-state index contributed by atoms with van der Waals surface area (Å²) in [6, 6.07) is 0. The summed E-state index contributed by atoms with van der Waals surface area (Å²) in [5.41, 5.74) is 6.60. The van der Waals surface area contributed by atoms with Crippen molar-refractivity contribution in [2.24, 2.45) is 7.05 Å². The number of nitrogens with one attached hydrogen (secondary N) is 1. The van der Waals surface area contributed by atoms with Gasteiger partial charge < -0.3 is 16.2 Å². The molecule has 0 radical (unpaired) electrons. The largest absolute Gasteiger partial charge is 0.395 e. The Bertz CT molecular complexity index is 427. The Labute approximate surface area is 107 Å². The minimum atomic E-state index is -0.596. The summed E-state index contributed by atoms with van der Waals surface area (Å²) < 4.78 is 1.47. The molecule has 0 saturated carbocycles. The molecule has 0 unspecified atom stereocenters. The molecular weight excluding hydrogens is 232 g/mol. The van der Waals surface area contributed by atoms with Crippen LogP contribution < -0.4 is 11.1 Å². The number of nitrogen functional groups attached to an aromatic ring is 1. The van der Waals surface area contributed by atoms with Crippen LogP contribution in [0.25, 0.3) is 0 Å². The van der Waals surface area contributed by atoms with Gasteiger partial charge in [-0.15, -0.1) is 0 Å². The highest BCUT2D eigenvalue weighted by Crippen LogP contribution is 2.19. The third-order valence-electron chi connectivity index (χ3n) is 3.52. The summed E-state index contributed by atoms with van der Waals surface area (Å²) in [7, 11) is 1.68. The lowest BCUT2D eigenvalue weighted by atomic mass is 9.93. The molecule has 6 heteroatoms. The molecule has 0 aliphatic heterocycles. The quantitative estimate of drug-likeness (QED) is 0.717. The van der Waals surface area contributed by atoms with Gasteiger partial charge in [0.1, 0.15) is 5.69 Å². The fourth-order valence-corrected chi connectivity index (χ4v) is 1.93. The number of aliphatic hydroxyl groups is 1. The summed E-state index contributed by atoms with van der Waals surface area (Å²) in [4.78, 5) is 12.2. The molecule has 0 aliphatic carbocycles. The molecule has 0 bridgehead atoms. The van der Waals surface area contributed by atoms with Crippen LogP contribution in [-0.4, -0.2) is 32.9 Å². The molecule has 0 aliphatic rings. The fourth-order valence-electron chi connectivity index (χ4n) is 1.93. The van der Waals surface area contributed by atoms with Gasteiger partial charge in [0.15, 0.2) is 0 Å². The van der Waals surface area contributed by atoms with Crippen LogP contribution in [0.1, 0.15) is 42.9 Å². The van der Waals surface area contributed by atoms with Gasteiger partial charge in [-0.25, -0.2) is 0 Å². The van der Waals surface area contributed by atoms with Gasteiger partial charge in [0.05, 0.1) is 23.5 Å². The highest BCUT2D eigenvalue weighted by Gasteiger charge is 2.29. The van der Waals surface area contributed by atoms with Crippen LogP contribution in [0.2, 0.25) is 0 Å². The van der Waals surface area contributed by atoms with Crippen LogP contribution in [-0.2, 0) is 7.05 Å². The zero-order valence-electron chi connectivity index (χ0n) is 11.4. The Kier molecular flexibility index (Phi) is 4.34. The van der Waals surface area contributed by atoms with Crippen molar-refractivity contribution in [3.8, 4) is 0 Å². The second kappa shape index (κ2) is 5.39. The van der Waals surface area contributed by atoms with Crippen LogP contribution in [0, 0.1) is 6.92 Å². The van der Waals surface area contributed by atoms with Crippen molar-refractivity contribution in [3.63, 3.8) is 0 Å². The molecule has 6 nitrogen and oxygen atoms in total. The van der Waals surface area contributed by atoms with E-state index in [1.807, 2.05) is 13.8 Å². The zero-order chi connectivity index (χ0) is 13.9. The lowest BCUT2D eigenvalue weighted by Gasteiger charge is -2.30. The van der Waals surface area contributed by atoms with Gasteiger partial charge in [0.25, 0.3) is 5.91 Å². The highest BCUT2D eigenvalue weighted by molar-refractivity contribution is 5.98. The van der Waals surface area contributed by atoms with E-state index in [1.54, 1.807) is 14.0 Å². The lowest BCUT2D eigenvalue weighted by molar-refractivity contribution is 0.0809. The van der Waals surface area contributed by atoms with Gasteiger partial charge in [-0.1, -0.05) is 13.8 Å². The molecule has 102 valence electrons. The Morgan fingerprint density at radius 3 is 2.39 bits per heavy atom. The van der Waals surface area contributed by atoms with Gasteiger partial charge >= 0.3 is 0 Å². The normalized spacial score (nSPS) is 11.6. The number of hydrogen-bond acceptors (Lipinski definition) is 4. The summed E-state index contributed by atoms with van der Waals surface area (Å²) >= 11 is 0. The molecule has 18 heavy (non-hydrogen) atoms. The highest BCUT2D eigenvalue weighted by atomic mass is 16.3. The van der Waals surface area contributed by atoms with Gasteiger partial charge in [-0.2, -0.15) is 5.10 Å². The van der Waals surface area contributed by atoms with Crippen molar-refractivity contribution in [2.75, 3.05) is 12.3 Å². The van der Waals surface area contributed by atoms with Crippen molar-refractivity contribution in [1.82, 2.24) is 15.1 Å². The first-order valence-electron chi connectivity index (χ1n) is 6.13. The molecule has 0 saturated heterocycles. The predicted molar refractivity (Wildman–Crippen MR) is 70.2 cm³/mol. The van der Waals surface area contributed by atoms with Crippen molar-refractivity contribution < 1.29 is 9.90 Å². The van der Waals surface area contributed by atoms with Crippen molar-refractivity contribution >= 4 is 11.6 Å². The number of anilines is 1. The SMILES string of the molecule is CCC(CC)(CO)NC(=O)c1c(N)c(C)nn1C. The number of carbonyl (C=O) groups excluding carboxylic acids is 1. The Morgan fingerprint density at radius 1 is 1.50 bits per heavy atom. The second-order valence-electron chi connectivity index (χ2n) is 4.57. The number of nitrogens with zero attached hydrogens (tertiary/aromatic N) is 2. The number of hydrogen-bond donors (Lipinski definition) is 3. The monoisotopic (exact) mass is 254 g/mol. The van der Waals surface area contributed by atoms with Crippen LogP contribution in [0.3, 0.4) is 0 Å². The first-order chi connectivity index (χ1) is 8.40. The number of aryl methyl sites for hydroxylation is 2. The van der Waals surface area contributed by atoms with Gasteiger partial charge in [0.2, 0.25) is 0 Å². The molecule has 0 fully saturated rings. The lowest BCUT2D eigenvalue weighted by Crippen LogP contribution is -2.51. The van der Waals surface area contributed by atoms with E-state index in [4.69, 9.17) is 5.73 Å². The van der Waals surface area contributed by atoms with E-state index in [0.29, 0.717) is 29.9 Å². The van der Waals surface area contributed by atoms with Crippen LogP contribution in [0.4, 0.5) is 5.69 Å². The molecule has 4 N–H and O–H groups in total. The van der Waals surface area contributed by atoms with E-state index in [9.17, 15) is 9.90 Å². The Morgan fingerprint density at radius 2 is 2.06 bits per heavy atom. The number of nitrogens with two attached hydrogens (primary N) is 1. The first kappa shape index (κ1) is 14.5.